The summed E-state index contributed by atoms with van der Waals surface area (Å²) in [4.78, 5) is 11.5. The number of aryl methyl sites for hydroxylation is 1. The number of hydrogen-bond donors (Lipinski definition) is 1. The van der Waals surface area contributed by atoms with Gasteiger partial charge in [-0.05, 0) is 49.3 Å². The Balaban J connectivity index is 2.08. The van der Waals surface area contributed by atoms with E-state index in [1.165, 1.54) is 30.3 Å². The van der Waals surface area contributed by atoms with Crippen LogP contribution in [0.4, 0.5) is 5.69 Å². The lowest BCUT2D eigenvalue weighted by molar-refractivity contribution is 0.279. The van der Waals surface area contributed by atoms with Gasteiger partial charge in [0, 0.05) is 30.5 Å². The quantitative estimate of drug-likeness (QED) is 0.911. The molecule has 0 bridgehead atoms. The molecule has 1 aliphatic rings. The number of rotatable bonds is 3. The Morgan fingerprint density at radius 3 is 2.42 bits per heavy atom. The first kappa shape index (κ1) is 16.7. The van der Waals surface area contributed by atoms with E-state index in [0.29, 0.717) is 5.41 Å². The van der Waals surface area contributed by atoms with Crippen LogP contribution in [0.15, 0.2) is 24.5 Å². The van der Waals surface area contributed by atoms with Gasteiger partial charge in [0.2, 0.25) is 0 Å². The van der Waals surface area contributed by atoms with Crippen LogP contribution in [0.2, 0.25) is 0 Å². The van der Waals surface area contributed by atoms with Gasteiger partial charge in [-0.15, -0.1) is 0 Å². The van der Waals surface area contributed by atoms with Gasteiger partial charge in [-0.25, -0.2) is 0 Å². The SMILES string of the molecule is CCc1c(C)ncc(-c2ccc(O)cn2)c1N1CCC(C)(C)CC1. The Bertz CT molecular complexity index is 712. The van der Waals surface area contributed by atoms with Crippen molar-refractivity contribution < 1.29 is 5.11 Å². The molecule has 3 rings (SSSR count). The van der Waals surface area contributed by atoms with Crippen molar-refractivity contribution in [3.8, 4) is 17.0 Å². The summed E-state index contributed by atoms with van der Waals surface area (Å²) >= 11 is 0. The summed E-state index contributed by atoms with van der Waals surface area (Å²) in [7, 11) is 0. The van der Waals surface area contributed by atoms with Crippen LogP contribution in [0.3, 0.4) is 0 Å². The van der Waals surface area contributed by atoms with E-state index in [1.807, 2.05) is 12.3 Å². The topological polar surface area (TPSA) is 49.3 Å². The van der Waals surface area contributed by atoms with E-state index in [2.05, 4.69) is 42.6 Å². The highest BCUT2D eigenvalue weighted by molar-refractivity contribution is 5.79. The molecule has 2 aromatic heterocycles. The molecule has 3 heterocycles. The van der Waals surface area contributed by atoms with Crippen molar-refractivity contribution in [3.05, 3.63) is 35.8 Å². The van der Waals surface area contributed by atoms with Gasteiger partial charge < -0.3 is 10.0 Å². The summed E-state index contributed by atoms with van der Waals surface area (Å²) in [6, 6.07) is 3.56. The molecule has 1 aliphatic heterocycles. The zero-order valence-electron chi connectivity index (χ0n) is 15.1. The second kappa shape index (κ2) is 6.42. The second-order valence-corrected chi connectivity index (χ2v) is 7.49. The smallest absolute Gasteiger partial charge is 0.133 e. The number of pyridine rings is 2. The largest absolute Gasteiger partial charge is 0.506 e. The minimum atomic E-state index is 0.191. The number of aromatic hydroxyl groups is 1. The van der Waals surface area contributed by atoms with Gasteiger partial charge in [0.1, 0.15) is 5.75 Å². The predicted octanol–water partition coefficient (Wildman–Crippen LogP) is 4.35. The lowest BCUT2D eigenvalue weighted by Crippen LogP contribution is -2.38. The fourth-order valence-corrected chi connectivity index (χ4v) is 3.49. The maximum Gasteiger partial charge on any atom is 0.133 e. The maximum atomic E-state index is 9.54. The highest BCUT2D eigenvalue weighted by Crippen LogP contribution is 2.39. The molecule has 0 amide bonds. The molecule has 4 nitrogen and oxygen atoms in total. The number of piperidine rings is 1. The van der Waals surface area contributed by atoms with Gasteiger partial charge in [-0.1, -0.05) is 20.8 Å². The minimum Gasteiger partial charge on any atom is -0.506 e. The first-order valence-corrected chi connectivity index (χ1v) is 8.80. The monoisotopic (exact) mass is 325 g/mol. The number of nitrogens with zero attached hydrogens (tertiary/aromatic N) is 3. The van der Waals surface area contributed by atoms with E-state index < -0.39 is 0 Å². The Hall–Kier alpha value is -2.10. The van der Waals surface area contributed by atoms with Crippen molar-refractivity contribution in [1.82, 2.24) is 9.97 Å². The Morgan fingerprint density at radius 2 is 1.83 bits per heavy atom. The molecule has 0 radical (unpaired) electrons. The first-order valence-electron chi connectivity index (χ1n) is 8.80. The fraction of sp³-hybridized carbons (Fsp3) is 0.500. The van der Waals surface area contributed by atoms with Crippen molar-refractivity contribution in [2.45, 2.75) is 47.0 Å². The number of aromatic nitrogens is 2. The van der Waals surface area contributed by atoms with Crippen molar-refractivity contribution in [2.75, 3.05) is 18.0 Å². The molecular formula is C20H27N3O. The summed E-state index contributed by atoms with van der Waals surface area (Å²) in [5.41, 5.74) is 6.04. The highest BCUT2D eigenvalue weighted by Gasteiger charge is 2.28. The van der Waals surface area contributed by atoms with Crippen LogP contribution in [-0.2, 0) is 6.42 Å². The third kappa shape index (κ3) is 3.23. The Morgan fingerprint density at radius 1 is 1.12 bits per heavy atom. The molecular weight excluding hydrogens is 298 g/mol. The van der Waals surface area contributed by atoms with Crippen LogP contribution in [0, 0.1) is 12.3 Å². The van der Waals surface area contributed by atoms with Crippen molar-refractivity contribution in [1.29, 1.82) is 0 Å². The first-order chi connectivity index (χ1) is 11.4. The van der Waals surface area contributed by atoms with Gasteiger partial charge in [-0.2, -0.15) is 0 Å². The van der Waals surface area contributed by atoms with Crippen LogP contribution in [-0.4, -0.2) is 28.2 Å². The molecule has 1 saturated heterocycles. The summed E-state index contributed by atoms with van der Waals surface area (Å²) in [6.07, 6.45) is 6.78. The lowest BCUT2D eigenvalue weighted by Gasteiger charge is -2.40. The molecule has 24 heavy (non-hydrogen) atoms. The molecule has 1 N–H and O–H groups in total. The summed E-state index contributed by atoms with van der Waals surface area (Å²) in [6.45, 7) is 11.1. The molecule has 0 unspecified atom stereocenters. The van der Waals surface area contributed by atoms with Crippen LogP contribution in [0.5, 0.6) is 5.75 Å². The standard InChI is InChI=1S/C20H27N3O/c1-5-16-14(2)21-13-17(18-7-6-15(24)12-22-18)19(16)23-10-8-20(3,4)9-11-23/h6-7,12-13,24H,5,8-11H2,1-4H3. The lowest BCUT2D eigenvalue weighted by atomic mass is 9.82. The van der Waals surface area contributed by atoms with Crippen LogP contribution < -0.4 is 4.90 Å². The van der Waals surface area contributed by atoms with Gasteiger partial charge >= 0.3 is 0 Å². The van der Waals surface area contributed by atoms with Gasteiger partial charge in [0.25, 0.3) is 0 Å². The van der Waals surface area contributed by atoms with E-state index in [4.69, 9.17) is 0 Å². The third-order valence-corrected chi connectivity index (χ3v) is 5.18. The van der Waals surface area contributed by atoms with Crippen molar-refractivity contribution >= 4 is 5.69 Å². The molecule has 4 heteroatoms. The van der Waals surface area contributed by atoms with E-state index in [0.717, 1.165) is 36.5 Å². The second-order valence-electron chi connectivity index (χ2n) is 7.49. The van der Waals surface area contributed by atoms with E-state index >= 15 is 0 Å². The average molecular weight is 325 g/mol. The zero-order valence-corrected chi connectivity index (χ0v) is 15.1. The van der Waals surface area contributed by atoms with E-state index in [9.17, 15) is 5.11 Å². The summed E-state index contributed by atoms with van der Waals surface area (Å²) < 4.78 is 0. The van der Waals surface area contributed by atoms with Gasteiger partial charge in [0.15, 0.2) is 0 Å². The molecule has 2 aromatic rings. The van der Waals surface area contributed by atoms with E-state index in [-0.39, 0.29) is 5.75 Å². The van der Waals surface area contributed by atoms with Crippen LogP contribution >= 0.6 is 0 Å². The number of anilines is 1. The summed E-state index contributed by atoms with van der Waals surface area (Å²) in [5, 5.41) is 9.54. The zero-order chi connectivity index (χ0) is 17.3. The Kier molecular flexibility index (Phi) is 4.48. The average Bonchev–Trinajstić information content (AvgIpc) is 2.56. The van der Waals surface area contributed by atoms with Gasteiger partial charge in [0.05, 0.1) is 17.6 Å². The predicted molar refractivity (Wildman–Crippen MR) is 98.5 cm³/mol. The van der Waals surface area contributed by atoms with Crippen LogP contribution in [0.1, 0.15) is 44.9 Å². The molecule has 128 valence electrons. The van der Waals surface area contributed by atoms with Crippen LogP contribution in [0.25, 0.3) is 11.3 Å². The normalized spacial score (nSPS) is 17.1. The summed E-state index contributed by atoms with van der Waals surface area (Å²) in [5.74, 6) is 0.191. The fourth-order valence-electron chi connectivity index (χ4n) is 3.49. The number of hydrogen-bond acceptors (Lipinski definition) is 4. The van der Waals surface area contributed by atoms with Crippen molar-refractivity contribution in [2.24, 2.45) is 5.41 Å². The molecule has 0 aromatic carbocycles. The molecule has 0 saturated carbocycles. The maximum absolute atomic E-state index is 9.54. The third-order valence-electron chi connectivity index (χ3n) is 5.18. The molecule has 1 fully saturated rings. The van der Waals surface area contributed by atoms with Gasteiger partial charge in [-0.3, -0.25) is 9.97 Å². The molecule has 0 spiro atoms. The van der Waals surface area contributed by atoms with Crippen molar-refractivity contribution in [3.63, 3.8) is 0 Å². The highest BCUT2D eigenvalue weighted by atomic mass is 16.3. The van der Waals surface area contributed by atoms with E-state index in [1.54, 1.807) is 6.07 Å². The minimum absolute atomic E-state index is 0.191. The molecule has 0 aliphatic carbocycles. The molecule has 0 atom stereocenters. The Labute approximate surface area is 144 Å².